The molecule has 0 aliphatic carbocycles. The molecule has 1 atom stereocenters. The summed E-state index contributed by atoms with van der Waals surface area (Å²) in [5, 5.41) is 6.01. The molecule has 2 N–H and O–H groups in total. The molecule has 0 aromatic heterocycles. The van der Waals surface area contributed by atoms with Crippen LogP contribution in [0.2, 0.25) is 0 Å². The zero-order valence-electron chi connectivity index (χ0n) is 12.0. The molecular weight excluding hydrogens is 240 g/mol. The predicted molar refractivity (Wildman–Crippen MR) is 77.5 cm³/mol. The van der Waals surface area contributed by atoms with Crippen LogP contribution in [0.25, 0.3) is 0 Å². The number of hydrogen-bond donors (Lipinski definition) is 2. The molecule has 0 saturated carbocycles. The standard InChI is InChI=1S/C15H24N2O2/c1-4-19-12(2)11-17-15(18)14-8-6-5-7-13(14)9-10-16-3/h5-8,12,16H,4,9-11H2,1-3H3,(H,17,18). The smallest absolute Gasteiger partial charge is 0.251 e. The van der Waals surface area contributed by atoms with E-state index in [4.69, 9.17) is 4.74 Å². The molecule has 106 valence electrons. The number of carbonyl (C=O) groups excluding carboxylic acids is 1. The third-order valence-electron chi connectivity index (χ3n) is 2.91. The molecule has 0 fully saturated rings. The van der Waals surface area contributed by atoms with Crippen LogP contribution in [0.15, 0.2) is 24.3 Å². The van der Waals surface area contributed by atoms with Crippen molar-refractivity contribution in [1.29, 1.82) is 0 Å². The van der Waals surface area contributed by atoms with Gasteiger partial charge in [-0.15, -0.1) is 0 Å². The number of likely N-dealkylation sites (N-methyl/N-ethyl adjacent to an activating group) is 1. The molecule has 19 heavy (non-hydrogen) atoms. The van der Waals surface area contributed by atoms with E-state index in [-0.39, 0.29) is 12.0 Å². The van der Waals surface area contributed by atoms with E-state index in [1.165, 1.54) is 0 Å². The summed E-state index contributed by atoms with van der Waals surface area (Å²) in [6.45, 7) is 5.96. The molecule has 0 saturated heterocycles. The van der Waals surface area contributed by atoms with Crippen molar-refractivity contribution in [1.82, 2.24) is 10.6 Å². The van der Waals surface area contributed by atoms with Gasteiger partial charge in [-0.25, -0.2) is 0 Å². The van der Waals surface area contributed by atoms with Gasteiger partial charge < -0.3 is 15.4 Å². The maximum atomic E-state index is 12.2. The Hall–Kier alpha value is -1.39. The summed E-state index contributed by atoms with van der Waals surface area (Å²) < 4.78 is 5.40. The zero-order chi connectivity index (χ0) is 14.1. The maximum Gasteiger partial charge on any atom is 0.251 e. The SMILES string of the molecule is CCOC(C)CNC(=O)c1ccccc1CCNC. The molecule has 0 bridgehead atoms. The van der Waals surface area contributed by atoms with E-state index >= 15 is 0 Å². The lowest BCUT2D eigenvalue weighted by molar-refractivity contribution is 0.0694. The molecule has 1 amide bonds. The molecule has 0 heterocycles. The van der Waals surface area contributed by atoms with Crippen LogP contribution < -0.4 is 10.6 Å². The first-order valence-corrected chi connectivity index (χ1v) is 6.81. The lowest BCUT2D eigenvalue weighted by atomic mass is 10.0. The summed E-state index contributed by atoms with van der Waals surface area (Å²) >= 11 is 0. The largest absolute Gasteiger partial charge is 0.377 e. The minimum Gasteiger partial charge on any atom is -0.377 e. The number of benzene rings is 1. The van der Waals surface area contributed by atoms with Crippen LogP contribution in [0.4, 0.5) is 0 Å². The monoisotopic (exact) mass is 264 g/mol. The molecule has 4 nitrogen and oxygen atoms in total. The summed E-state index contributed by atoms with van der Waals surface area (Å²) in [7, 11) is 1.91. The average molecular weight is 264 g/mol. The van der Waals surface area contributed by atoms with Gasteiger partial charge >= 0.3 is 0 Å². The highest BCUT2D eigenvalue weighted by molar-refractivity contribution is 5.95. The fourth-order valence-corrected chi connectivity index (χ4v) is 1.89. The van der Waals surface area contributed by atoms with Crippen molar-refractivity contribution in [3.63, 3.8) is 0 Å². The van der Waals surface area contributed by atoms with Gasteiger partial charge in [-0.3, -0.25) is 4.79 Å². The Labute approximate surface area is 115 Å². The molecular formula is C15H24N2O2. The van der Waals surface area contributed by atoms with E-state index in [2.05, 4.69) is 10.6 Å². The second kappa shape index (κ2) is 8.67. The first-order valence-electron chi connectivity index (χ1n) is 6.81. The highest BCUT2D eigenvalue weighted by Crippen LogP contribution is 2.09. The van der Waals surface area contributed by atoms with E-state index in [9.17, 15) is 4.79 Å². The number of hydrogen-bond acceptors (Lipinski definition) is 3. The van der Waals surface area contributed by atoms with E-state index in [1.54, 1.807) is 0 Å². The van der Waals surface area contributed by atoms with Gasteiger partial charge in [0.25, 0.3) is 5.91 Å². The quantitative estimate of drug-likeness (QED) is 0.750. The minimum absolute atomic E-state index is 0.0294. The molecule has 1 rings (SSSR count). The molecule has 0 spiro atoms. The normalized spacial score (nSPS) is 12.2. The van der Waals surface area contributed by atoms with Crippen LogP contribution in [-0.4, -0.2) is 38.8 Å². The van der Waals surface area contributed by atoms with Crippen LogP contribution in [-0.2, 0) is 11.2 Å². The Morgan fingerprint density at radius 3 is 2.79 bits per heavy atom. The Balaban J connectivity index is 2.60. The van der Waals surface area contributed by atoms with Crippen molar-refractivity contribution in [3.05, 3.63) is 35.4 Å². The number of nitrogens with one attached hydrogen (secondary N) is 2. The third-order valence-corrected chi connectivity index (χ3v) is 2.91. The zero-order valence-corrected chi connectivity index (χ0v) is 12.0. The summed E-state index contributed by atoms with van der Waals surface area (Å²) in [6, 6.07) is 7.72. The molecule has 0 aliphatic rings. The van der Waals surface area contributed by atoms with E-state index in [0.717, 1.165) is 24.1 Å². The van der Waals surface area contributed by atoms with Crippen LogP contribution in [0.1, 0.15) is 29.8 Å². The molecule has 0 radical (unpaired) electrons. The van der Waals surface area contributed by atoms with E-state index < -0.39 is 0 Å². The molecule has 1 aromatic rings. The van der Waals surface area contributed by atoms with Gasteiger partial charge in [0.05, 0.1) is 6.10 Å². The van der Waals surface area contributed by atoms with Gasteiger partial charge in [0, 0.05) is 18.7 Å². The molecule has 1 unspecified atom stereocenters. The highest BCUT2D eigenvalue weighted by atomic mass is 16.5. The van der Waals surface area contributed by atoms with Crippen LogP contribution in [0.5, 0.6) is 0 Å². The lowest BCUT2D eigenvalue weighted by Gasteiger charge is -2.14. The van der Waals surface area contributed by atoms with E-state index in [0.29, 0.717) is 13.2 Å². The summed E-state index contributed by atoms with van der Waals surface area (Å²) in [4.78, 5) is 12.2. The fourth-order valence-electron chi connectivity index (χ4n) is 1.89. The average Bonchev–Trinajstić information content (AvgIpc) is 2.43. The van der Waals surface area contributed by atoms with Crippen LogP contribution in [0.3, 0.4) is 0 Å². The topological polar surface area (TPSA) is 50.4 Å². The van der Waals surface area contributed by atoms with Gasteiger partial charge in [0.2, 0.25) is 0 Å². The molecule has 1 aromatic carbocycles. The maximum absolute atomic E-state index is 12.2. The molecule has 4 heteroatoms. The minimum atomic E-state index is -0.0294. The van der Waals surface area contributed by atoms with Crippen molar-refractivity contribution in [2.45, 2.75) is 26.4 Å². The Morgan fingerprint density at radius 1 is 1.37 bits per heavy atom. The number of amides is 1. The summed E-state index contributed by atoms with van der Waals surface area (Å²) in [5.41, 5.74) is 1.82. The second-order valence-electron chi connectivity index (χ2n) is 4.49. The van der Waals surface area contributed by atoms with Crippen molar-refractivity contribution in [3.8, 4) is 0 Å². The van der Waals surface area contributed by atoms with Crippen molar-refractivity contribution < 1.29 is 9.53 Å². The first kappa shape index (κ1) is 15.7. The first-order chi connectivity index (χ1) is 9.19. The van der Waals surface area contributed by atoms with E-state index in [1.807, 2.05) is 45.2 Å². The van der Waals surface area contributed by atoms with Crippen molar-refractivity contribution in [2.75, 3.05) is 26.7 Å². The fraction of sp³-hybridized carbons (Fsp3) is 0.533. The summed E-state index contributed by atoms with van der Waals surface area (Å²) in [5.74, 6) is -0.0294. The van der Waals surface area contributed by atoms with Gasteiger partial charge in [-0.05, 0) is 45.5 Å². The number of rotatable bonds is 8. The summed E-state index contributed by atoms with van der Waals surface area (Å²) in [6.07, 6.45) is 0.889. The third kappa shape index (κ3) is 5.41. The van der Waals surface area contributed by atoms with Crippen molar-refractivity contribution in [2.24, 2.45) is 0 Å². The van der Waals surface area contributed by atoms with Gasteiger partial charge in [-0.2, -0.15) is 0 Å². The number of carbonyl (C=O) groups is 1. The Bertz CT molecular complexity index is 393. The Kier molecular flexibility index (Phi) is 7.15. The van der Waals surface area contributed by atoms with Gasteiger partial charge in [0.15, 0.2) is 0 Å². The predicted octanol–water partition coefficient (Wildman–Crippen LogP) is 1.60. The Morgan fingerprint density at radius 2 is 2.11 bits per heavy atom. The lowest BCUT2D eigenvalue weighted by Crippen LogP contribution is -2.32. The van der Waals surface area contributed by atoms with Crippen LogP contribution in [0, 0.1) is 0 Å². The van der Waals surface area contributed by atoms with Gasteiger partial charge in [0.1, 0.15) is 0 Å². The van der Waals surface area contributed by atoms with Gasteiger partial charge in [-0.1, -0.05) is 18.2 Å². The highest BCUT2D eigenvalue weighted by Gasteiger charge is 2.11. The number of ether oxygens (including phenoxy) is 1. The van der Waals surface area contributed by atoms with Crippen molar-refractivity contribution >= 4 is 5.91 Å². The van der Waals surface area contributed by atoms with Crippen LogP contribution >= 0.6 is 0 Å². The second-order valence-corrected chi connectivity index (χ2v) is 4.49. The molecule has 0 aliphatic heterocycles.